The molecule has 2 rings (SSSR count). The number of rotatable bonds is 7. The summed E-state index contributed by atoms with van der Waals surface area (Å²) in [6.45, 7) is 2.31. The number of hydrogen-bond donors (Lipinski definition) is 0. The van der Waals surface area contributed by atoms with Crippen molar-refractivity contribution < 1.29 is 14.3 Å². The van der Waals surface area contributed by atoms with Gasteiger partial charge in [0, 0.05) is 38.4 Å². The van der Waals surface area contributed by atoms with Crippen molar-refractivity contribution in [2.24, 2.45) is 5.92 Å². The molecule has 0 aliphatic heterocycles. The topological polar surface area (TPSA) is 46.6 Å². The molecule has 0 unspecified atom stereocenters. The van der Waals surface area contributed by atoms with Crippen LogP contribution in [0.5, 0.6) is 0 Å². The Morgan fingerprint density at radius 2 is 1.76 bits per heavy atom. The third-order valence-electron chi connectivity index (χ3n) is 4.80. The molecule has 0 heterocycles. The molecule has 25 heavy (non-hydrogen) atoms. The van der Waals surface area contributed by atoms with E-state index in [9.17, 15) is 9.59 Å². The van der Waals surface area contributed by atoms with Crippen molar-refractivity contribution in [3.05, 3.63) is 47.7 Å². The smallest absolute Gasteiger partial charge is 0.306 e. The molecule has 0 bridgehead atoms. The summed E-state index contributed by atoms with van der Waals surface area (Å²) in [4.78, 5) is 25.5. The molecule has 0 radical (unpaired) electrons. The Morgan fingerprint density at radius 1 is 1.12 bits per heavy atom. The second-order valence-electron chi connectivity index (χ2n) is 6.99. The Balaban J connectivity index is 1.87. The highest BCUT2D eigenvalue weighted by atomic mass is 16.5. The van der Waals surface area contributed by atoms with Gasteiger partial charge in [-0.2, -0.15) is 0 Å². The van der Waals surface area contributed by atoms with Crippen molar-refractivity contribution in [1.82, 2.24) is 4.90 Å². The first-order chi connectivity index (χ1) is 12.0. The highest BCUT2D eigenvalue weighted by molar-refractivity contribution is 6.04. The number of hydrogen-bond acceptors (Lipinski definition) is 4. The lowest BCUT2D eigenvalue weighted by Crippen LogP contribution is -2.18. The van der Waals surface area contributed by atoms with E-state index in [4.69, 9.17) is 4.74 Å². The van der Waals surface area contributed by atoms with Crippen LogP contribution in [0.4, 0.5) is 0 Å². The number of carbonyl (C=O) groups excluding carboxylic acids is 2. The van der Waals surface area contributed by atoms with E-state index in [2.05, 4.69) is 12.1 Å². The molecule has 136 valence electrons. The molecule has 1 aromatic rings. The van der Waals surface area contributed by atoms with Gasteiger partial charge >= 0.3 is 5.97 Å². The van der Waals surface area contributed by atoms with Gasteiger partial charge in [-0.1, -0.05) is 24.3 Å². The van der Waals surface area contributed by atoms with Gasteiger partial charge in [-0.05, 0) is 50.0 Å². The van der Waals surface area contributed by atoms with Crippen molar-refractivity contribution >= 4 is 11.8 Å². The monoisotopic (exact) mass is 343 g/mol. The van der Waals surface area contributed by atoms with Crippen molar-refractivity contribution in [3.63, 3.8) is 0 Å². The molecule has 0 spiro atoms. The van der Waals surface area contributed by atoms with E-state index in [1.54, 1.807) is 12.3 Å². The van der Waals surface area contributed by atoms with Crippen LogP contribution < -0.4 is 0 Å². The largest absolute Gasteiger partial charge is 0.466 e. The molecule has 1 aliphatic rings. The van der Waals surface area contributed by atoms with Crippen LogP contribution >= 0.6 is 0 Å². The minimum atomic E-state index is -0.0698. The number of ketones is 1. The molecule has 0 aromatic heterocycles. The van der Waals surface area contributed by atoms with Gasteiger partial charge in [0.2, 0.25) is 0 Å². The third-order valence-corrected chi connectivity index (χ3v) is 4.80. The molecule has 4 heteroatoms. The van der Waals surface area contributed by atoms with E-state index < -0.39 is 0 Å². The molecule has 0 amide bonds. The molecule has 1 aromatic carbocycles. The van der Waals surface area contributed by atoms with Crippen LogP contribution in [0.1, 0.15) is 60.9 Å². The molecular weight excluding hydrogens is 314 g/mol. The fraction of sp³-hybridized carbons (Fsp3) is 0.524. The van der Waals surface area contributed by atoms with Crippen LogP contribution in [0.15, 0.2) is 36.5 Å². The molecule has 1 fully saturated rings. The maximum Gasteiger partial charge on any atom is 0.306 e. The summed E-state index contributed by atoms with van der Waals surface area (Å²) in [6.07, 6.45) is 8.23. The highest BCUT2D eigenvalue weighted by Crippen LogP contribution is 2.37. The van der Waals surface area contributed by atoms with Gasteiger partial charge in [-0.3, -0.25) is 9.59 Å². The Morgan fingerprint density at radius 3 is 2.32 bits per heavy atom. The van der Waals surface area contributed by atoms with Crippen molar-refractivity contribution in [3.8, 4) is 0 Å². The number of benzene rings is 1. The number of carbonyl (C=O) groups is 2. The van der Waals surface area contributed by atoms with E-state index in [1.807, 2.05) is 38.1 Å². The van der Waals surface area contributed by atoms with E-state index in [-0.39, 0.29) is 11.8 Å². The number of nitrogens with zero attached hydrogens (tertiary/aromatic N) is 1. The van der Waals surface area contributed by atoms with Crippen LogP contribution in [0.25, 0.3) is 0 Å². The van der Waals surface area contributed by atoms with Gasteiger partial charge in [-0.25, -0.2) is 0 Å². The van der Waals surface area contributed by atoms with Crippen molar-refractivity contribution in [2.45, 2.75) is 44.9 Å². The molecule has 1 aliphatic carbocycles. The summed E-state index contributed by atoms with van der Waals surface area (Å²) in [5.74, 6) is 0.935. The highest BCUT2D eigenvalue weighted by Gasteiger charge is 2.24. The fourth-order valence-corrected chi connectivity index (χ4v) is 3.39. The van der Waals surface area contributed by atoms with Gasteiger partial charge in [0.25, 0.3) is 0 Å². The average Bonchev–Trinajstić information content (AvgIpc) is 2.60. The Kier molecular flexibility index (Phi) is 7.23. The van der Waals surface area contributed by atoms with Crippen LogP contribution in [-0.4, -0.2) is 37.4 Å². The molecule has 1 saturated carbocycles. The van der Waals surface area contributed by atoms with Gasteiger partial charge in [0.05, 0.1) is 6.61 Å². The van der Waals surface area contributed by atoms with E-state index in [1.165, 1.54) is 5.56 Å². The predicted molar refractivity (Wildman–Crippen MR) is 99.5 cm³/mol. The average molecular weight is 343 g/mol. The second kappa shape index (κ2) is 9.40. The summed E-state index contributed by atoms with van der Waals surface area (Å²) in [5.41, 5.74) is 2.01. The first-order valence-electron chi connectivity index (χ1n) is 9.14. The maximum absolute atomic E-state index is 12.1. The molecule has 0 saturated heterocycles. The molecule has 4 nitrogen and oxygen atoms in total. The summed E-state index contributed by atoms with van der Waals surface area (Å²) >= 11 is 0. The van der Waals surface area contributed by atoms with Gasteiger partial charge in [0.1, 0.15) is 0 Å². The molecular formula is C21H29NO3. The normalized spacial score (nSPS) is 20.4. The summed E-state index contributed by atoms with van der Waals surface area (Å²) in [7, 11) is 3.79. The standard InChI is InChI=1S/C21H29NO3/c1-4-25-21(24)15-16-5-7-17(8-6-16)18-9-11-19(12-10-18)20(23)13-14-22(2)3/h9-14,16-17H,4-8,15H2,1-3H3/b14-13+. The predicted octanol–water partition coefficient (Wildman–Crippen LogP) is 4.17. The third kappa shape index (κ3) is 6.04. The molecule has 0 atom stereocenters. The van der Waals surface area contributed by atoms with Crippen molar-refractivity contribution in [2.75, 3.05) is 20.7 Å². The number of ether oxygens (including phenoxy) is 1. The van der Waals surface area contributed by atoms with Crippen LogP contribution in [0.3, 0.4) is 0 Å². The van der Waals surface area contributed by atoms with Crippen LogP contribution in [0, 0.1) is 5.92 Å². The van der Waals surface area contributed by atoms with Crippen molar-refractivity contribution in [1.29, 1.82) is 0 Å². The fourth-order valence-electron chi connectivity index (χ4n) is 3.39. The summed E-state index contributed by atoms with van der Waals surface area (Å²) in [6, 6.07) is 7.99. The van der Waals surface area contributed by atoms with Gasteiger partial charge in [0.15, 0.2) is 5.78 Å². The van der Waals surface area contributed by atoms with E-state index in [0.29, 0.717) is 24.9 Å². The zero-order valence-corrected chi connectivity index (χ0v) is 15.5. The lowest BCUT2D eigenvalue weighted by atomic mass is 9.77. The van der Waals surface area contributed by atoms with Gasteiger partial charge in [-0.15, -0.1) is 0 Å². The van der Waals surface area contributed by atoms with Crippen LogP contribution in [0.2, 0.25) is 0 Å². The Hall–Kier alpha value is -2.10. The van der Waals surface area contributed by atoms with Gasteiger partial charge < -0.3 is 9.64 Å². The zero-order chi connectivity index (χ0) is 18.2. The summed E-state index contributed by atoms with van der Waals surface area (Å²) in [5, 5.41) is 0. The maximum atomic E-state index is 12.1. The minimum Gasteiger partial charge on any atom is -0.466 e. The zero-order valence-electron chi connectivity index (χ0n) is 15.5. The number of allylic oxidation sites excluding steroid dienone is 1. The Labute approximate surface area is 150 Å². The SMILES string of the molecule is CCOC(=O)CC1CCC(c2ccc(C(=O)/C=C/N(C)C)cc2)CC1. The molecule has 0 N–H and O–H groups in total. The first-order valence-corrected chi connectivity index (χ1v) is 9.14. The van der Waals surface area contributed by atoms with Crippen LogP contribution in [-0.2, 0) is 9.53 Å². The Bertz CT molecular complexity index is 596. The second-order valence-corrected chi connectivity index (χ2v) is 6.99. The summed E-state index contributed by atoms with van der Waals surface area (Å²) < 4.78 is 5.05. The lowest BCUT2D eigenvalue weighted by molar-refractivity contribution is -0.144. The quantitative estimate of drug-likeness (QED) is 0.423. The minimum absolute atomic E-state index is 0.0263. The first kappa shape index (κ1) is 19.2. The van der Waals surface area contributed by atoms with E-state index in [0.717, 1.165) is 31.2 Å². The number of esters is 1. The lowest BCUT2D eigenvalue weighted by Gasteiger charge is -2.28. The van der Waals surface area contributed by atoms with E-state index >= 15 is 0 Å².